The summed E-state index contributed by atoms with van der Waals surface area (Å²) in [4.78, 5) is 28.8. The lowest BCUT2D eigenvalue weighted by Crippen LogP contribution is -2.47. The molecule has 0 radical (unpaired) electrons. The molecule has 1 aliphatic rings. The smallest absolute Gasteiger partial charge is 0.410 e. The van der Waals surface area contributed by atoms with Crippen LogP contribution in [0.25, 0.3) is 0 Å². The van der Waals surface area contributed by atoms with Crippen LogP contribution in [0, 0.1) is 0 Å². The topological polar surface area (TPSA) is 71.1 Å². The fourth-order valence-electron chi connectivity index (χ4n) is 4.00. The number of unbranched alkanes of at least 4 members (excludes halogenated alkanes) is 1. The third-order valence-electron chi connectivity index (χ3n) is 5.81. The summed E-state index contributed by atoms with van der Waals surface area (Å²) < 4.78 is 10.9. The lowest BCUT2D eigenvalue weighted by atomic mass is 9.94. The van der Waals surface area contributed by atoms with Gasteiger partial charge in [-0.25, -0.2) is 9.59 Å². The third kappa shape index (κ3) is 11.4. The van der Waals surface area contributed by atoms with Crippen molar-refractivity contribution in [3.8, 4) is 0 Å². The van der Waals surface area contributed by atoms with E-state index in [1.165, 1.54) is 19.3 Å². The van der Waals surface area contributed by atoms with Crippen LogP contribution in [-0.4, -0.2) is 66.9 Å². The van der Waals surface area contributed by atoms with E-state index in [1.54, 1.807) is 0 Å². The molecule has 2 amide bonds. The molecule has 0 unspecified atom stereocenters. The fraction of sp³-hybridized carbons (Fsp3) is 0.692. The lowest BCUT2D eigenvalue weighted by Gasteiger charge is -2.36. The number of nitrogens with one attached hydrogen (secondary N) is 1. The van der Waals surface area contributed by atoms with Gasteiger partial charge < -0.3 is 24.6 Å². The largest absolute Gasteiger partial charge is 0.445 e. The summed E-state index contributed by atoms with van der Waals surface area (Å²) in [5, 5.41) is 2.81. The van der Waals surface area contributed by atoms with Gasteiger partial charge in [-0.2, -0.15) is 0 Å². The maximum absolute atomic E-state index is 12.8. The van der Waals surface area contributed by atoms with Gasteiger partial charge in [0.05, 0.1) is 0 Å². The monoisotopic (exact) mass is 461 g/mol. The summed E-state index contributed by atoms with van der Waals surface area (Å²) in [6.45, 7) is 9.03. The molecule has 7 heteroatoms. The third-order valence-corrected chi connectivity index (χ3v) is 5.81. The van der Waals surface area contributed by atoms with Crippen LogP contribution >= 0.6 is 0 Å². The molecule has 1 fully saturated rings. The fourth-order valence-corrected chi connectivity index (χ4v) is 4.00. The predicted molar refractivity (Wildman–Crippen MR) is 131 cm³/mol. The zero-order chi connectivity index (χ0) is 24.1. The van der Waals surface area contributed by atoms with Crippen molar-refractivity contribution in [3.05, 3.63) is 35.9 Å². The molecular formula is C26H43N3O4. The molecular weight excluding hydrogens is 418 g/mol. The van der Waals surface area contributed by atoms with Crippen molar-refractivity contribution in [1.29, 1.82) is 0 Å². The van der Waals surface area contributed by atoms with Gasteiger partial charge in [-0.15, -0.1) is 0 Å². The number of carbonyl (C=O) groups is 2. The van der Waals surface area contributed by atoms with E-state index >= 15 is 0 Å². The van der Waals surface area contributed by atoms with E-state index in [4.69, 9.17) is 9.47 Å². The Hall–Kier alpha value is -2.28. The summed E-state index contributed by atoms with van der Waals surface area (Å²) >= 11 is 0. The van der Waals surface area contributed by atoms with Crippen molar-refractivity contribution >= 4 is 12.2 Å². The normalized spacial score (nSPS) is 14.7. The van der Waals surface area contributed by atoms with Gasteiger partial charge in [0.1, 0.15) is 12.2 Å². The summed E-state index contributed by atoms with van der Waals surface area (Å²) in [6.07, 6.45) is 7.01. The molecule has 0 spiro atoms. The Kier molecular flexibility index (Phi) is 11.5. The van der Waals surface area contributed by atoms with Crippen molar-refractivity contribution in [2.24, 2.45) is 0 Å². The van der Waals surface area contributed by atoms with E-state index in [0.29, 0.717) is 13.1 Å². The van der Waals surface area contributed by atoms with Crippen LogP contribution in [0.1, 0.15) is 71.3 Å². The van der Waals surface area contributed by atoms with Crippen molar-refractivity contribution in [2.75, 3.05) is 33.2 Å². The van der Waals surface area contributed by atoms with Gasteiger partial charge in [0.15, 0.2) is 0 Å². The first-order chi connectivity index (χ1) is 15.7. The second-order valence-corrected chi connectivity index (χ2v) is 9.96. The number of ether oxygens (including phenoxy) is 2. The minimum Gasteiger partial charge on any atom is -0.445 e. The molecule has 0 heterocycles. The molecule has 1 N–H and O–H groups in total. The molecule has 7 nitrogen and oxygen atoms in total. The first-order valence-electron chi connectivity index (χ1n) is 12.4. The predicted octanol–water partition coefficient (Wildman–Crippen LogP) is 5.19. The lowest BCUT2D eigenvalue weighted by molar-refractivity contribution is 0.0104. The van der Waals surface area contributed by atoms with E-state index in [-0.39, 0.29) is 24.8 Å². The average molecular weight is 462 g/mol. The second kappa shape index (κ2) is 14.1. The van der Waals surface area contributed by atoms with E-state index in [2.05, 4.69) is 17.3 Å². The number of alkyl carbamates (subject to hydrolysis) is 1. The van der Waals surface area contributed by atoms with Gasteiger partial charge in [0.2, 0.25) is 0 Å². The quantitative estimate of drug-likeness (QED) is 0.459. The van der Waals surface area contributed by atoms with Gasteiger partial charge in [0, 0.05) is 25.7 Å². The molecule has 0 aromatic heterocycles. The van der Waals surface area contributed by atoms with Crippen molar-refractivity contribution < 1.29 is 19.1 Å². The summed E-state index contributed by atoms with van der Waals surface area (Å²) in [5.74, 6) is 0. The number of likely N-dealkylation sites (N-methyl/N-ethyl adjacent to an activating group) is 1. The van der Waals surface area contributed by atoms with E-state index in [0.717, 1.165) is 44.3 Å². The highest BCUT2D eigenvalue weighted by Gasteiger charge is 2.29. The highest BCUT2D eigenvalue weighted by atomic mass is 16.6. The number of hydrogen-bond acceptors (Lipinski definition) is 5. The molecule has 0 atom stereocenters. The molecule has 1 aromatic carbocycles. The van der Waals surface area contributed by atoms with Crippen molar-refractivity contribution in [3.63, 3.8) is 0 Å². The van der Waals surface area contributed by atoms with E-state index in [1.807, 2.05) is 56.0 Å². The summed E-state index contributed by atoms with van der Waals surface area (Å²) in [6, 6.07) is 9.94. The highest BCUT2D eigenvalue weighted by Crippen LogP contribution is 2.24. The van der Waals surface area contributed by atoms with Crippen molar-refractivity contribution in [1.82, 2.24) is 15.1 Å². The van der Waals surface area contributed by atoms with Crippen molar-refractivity contribution in [2.45, 2.75) is 84.0 Å². The molecule has 1 aliphatic carbocycles. The Balaban J connectivity index is 1.63. The Morgan fingerprint density at radius 1 is 1.00 bits per heavy atom. The first kappa shape index (κ1) is 27.0. The number of carbonyl (C=O) groups excluding carboxylic acids is 2. The zero-order valence-corrected chi connectivity index (χ0v) is 21.0. The average Bonchev–Trinajstić information content (AvgIpc) is 2.78. The summed E-state index contributed by atoms with van der Waals surface area (Å²) in [5.41, 5.74) is 0.494. The molecule has 186 valence electrons. The van der Waals surface area contributed by atoms with Gasteiger partial charge in [-0.05, 0) is 65.6 Å². The van der Waals surface area contributed by atoms with Gasteiger partial charge in [-0.1, -0.05) is 49.6 Å². The number of amides is 2. The zero-order valence-electron chi connectivity index (χ0n) is 21.0. The van der Waals surface area contributed by atoms with Crippen LogP contribution in [0.15, 0.2) is 30.3 Å². The highest BCUT2D eigenvalue weighted by molar-refractivity contribution is 5.68. The Labute approximate surface area is 199 Å². The second-order valence-electron chi connectivity index (χ2n) is 9.96. The molecule has 1 aromatic rings. The maximum atomic E-state index is 12.8. The van der Waals surface area contributed by atoms with Gasteiger partial charge in [0.25, 0.3) is 0 Å². The molecule has 2 rings (SSSR count). The maximum Gasteiger partial charge on any atom is 0.410 e. The van der Waals surface area contributed by atoms with Gasteiger partial charge in [-0.3, -0.25) is 0 Å². The van der Waals surface area contributed by atoms with Crippen LogP contribution in [0.3, 0.4) is 0 Å². The Morgan fingerprint density at radius 2 is 1.70 bits per heavy atom. The molecule has 0 bridgehead atoms. The molecule has 33 heavy (non-hydrogen) atoms. The van der Waals surface area contributed by atoms with E-state index < -0.39 is 5.60 Å². The number of rotatable bonds is 11. The van der Waals surface area contributed by atoms with Crippen LogP contribution < -0.4 is 5.32 Å². The molecule has 0 aliphatic heterocycles. The Bertz CT molecular complexity index is 699. The summed E-state index contributed by atoms with van der Waals surface area (Å²) in [7, 11) is 2.08. The molecule has 1 saturated carbocycles. The van der Waals surface area contributed by atoms with Crippen LogP contribution in [0.2, 0.25) is 0 Å². The Morgan fingerprint density at radius 3 is 2.36 bits per heavy atom. The minimum absolute atomic E-state index is 0.194. The van der Waals surface area contributed by atoms with E-state index in [9.17, 15) is 9.59 Å². The molecule has 0 saturated heterocycles. The number of hydrogen-bond donors (Lipinski definition) is 1. The standard InChI is InChI=1S/C26H43N3O4/c1-26(2,3)33-25(31)29(23-15-9-6-10-16-23)20-19-28(4)18-12-11-17-27-24(30)32-21-22-13-7-5-8-14-22/h5,7-8,13-14,23H,6,9-12,15-21H2,1-4H3,(H,27,30). The number of benzene rings is 1. The first-order valence-corrected chi connectivity index (χ1v) is 12.4. The SMILES string of the molecule is CN(CCCCNC(=O)OCc1ccccc1)CCN(C(=O)OC(C)(C)C)C1CCCCC1. The van der Waals surface area contributed by atoms with Gasteiger partial charge >= 0.3 is 12.2 Å². The van der Waals surface area contributed by atoms with Crippen LogP contribution in [-0.2, 0) is 16.1 Å². The van der Waals surface area contributed by atoms with Crippen LogP contribution in [0.4, 0.5) is 9.59 Å². The van der Waals surface area contributed by atoms with Crippen LogP contribution in [0.5, 0.6) is 0 Å². The number of nitrogens with zero attached hydrogens (tertiary/aromatic N) is 2. The minimum atomic E-state index is -0.481.